The van der Waals surface area contributed by atoms with Crippen LogP contribution in [0.25, 0.3) is 0 Å². The summed E-state index contributed by atoms with van der Waals surface area (Å²) in [5.74, 6) is 0. The third kappa shape index (κ3) is 3.51. The number of pyridine rings is 2. The third-order valence-corrected chi connectivity index (χ3v) is 3.02. The molecule has 0 saturated heterocycles. The van der Waals surface area contributed by atoms with E-state index in [-0.39, 0.29) is 6.04 Å². The zero-order chi connectivity index (χ0) is 13.8. The van der Waals surface area contributed by atoms with E-state index >= 15 is 0 Å². The Bertz CT molecular complexity index is 534. The second kappa shape index (κ2) is 5.80. The summed E-state index contributed by atoms with van der Waals surface area (Å²) >= 11 is 0. The molecule has 2 rings (SSSR count). The Morgan fingerprint density at radius 1 is 1.26 bits per heavy atom. The molecule has 0 spiro atoms. The van der Waals surface area contributed by atoms with Gasteiger partial charge >= 0.3 is 0 Å². The smallest absolute Gasteiger partial charge is 0.0600 e. The molecule has 0 bridgehead atoms. The lowest BCUT2D eigenvalue weighted by Crippen LogP contribution is -2.18. The third-order valence-electron chi connectivity index (χ3n) is 3.02. The number of hydrogen-bond acceptors (Lipinski definition) is 4. The van der Waals surface area contributed by atoms with Crippen molar-refractivity contribution in [2.24, 2.45) is 5.73 Å². The number of aryl methyl sites for hydroxylation is 1. The molecule has 1 atom stereocenters. The van der Waals surface area contributed by atoms with Crippen LogP contribution >= 0.6 is 0 Å². The number of nitrogens with zero attached hydrogens (tertiary/aromatic N) is 3. The molecule has 2 N–H and O–H groups in total. The van der Waals surface area contributed by atoms with Crippen LogP contribution in [0.15, 0.2) is 36.5 Å². The van der Waals surface area contributed by atoms with Gasteiger partial charge in [0.25, 0.3) is 0 Å². The molecule has 0 aliphatic carbocycles. The van der Waals surface area contributed by atoms with Gasteiger partial charge in [0, 0.05) is 18.8 Å². The summed E-state index contributed by atoms with van der Waals surface area (Å²) in [6, 6.07) is 10.1. The van der Waals surface area contributed by atoms with Crippen LogP contribution in [-0.4, -0.2) is 17.0 Å². The van der Waals surface area contributed by atoms with Crippen molar-refractivity contribution in [1.82, 2.24) is 9.97 Å². The van der Waals surface area contributed by atoms with E-state index in [0.717, 1.165) is 29.3 Å². The van der Waals surface area contributed by atoms with Crippen molar-refractivity contribution in [3.05, 3.63) is 53.6 Å². The van der Waals surface area contributed by atoms with E-state index in [4.69, 9.17) is 5.73 Å². The van der Waals surface area contributed by atoms with E-state index in [9.17, 15) is 0 Å². The van der Waals surface area contributed by atoms with E-state index in [0.29, 0.717) is 0 Å². The lowest BCUT2D eigenvalue weighted by Gasteiger charge is -2.19. The van der Waals surface area contributed by atoms with Crippen LogP contribution in [0.2, 0.25) is 0 Å². The first-order valence-corrected chi connectivity index (χ1v) is 6.41. The summed E-state index contributed by atoms with van der Waals surface area (Å²) in [6.45, 7) is 4.70. The van der Waals surface area contributed by atoms with Gasteiger partial charge in [-0.15, -0.1) is 0 Å². The lowest BCUT2D eigenvalue weighted by atomic mass is 10.2. The van der Waals surface area contributed by atoms with Crippen molar-refractivity contribution < 1.29 is 0 Å². The number of aromatic nitrogens is 2. The molecule has 0 saturated carbocycles. The van der Waals surface area contributed by atoms with Crippen molar-refractivity contribution in [3.8, 4) is 0 Å². The van der Waals surface area contributed by atoms with Gasteiger partial charge in [0.2, 0.25) is 0 Å². The van der Waals surface area contributed by atoms with E-state index in [1.807, 2.05) is 57.4 Å². The van der Waals surface area contributed by atoms with Crippen LogP contribution in [-0.2, 0) is 6.54 Å². The molecule has 19 heavy (non-hydrogen) atoms. The summed E-state index contributed by atoms with van der Waals surface area (Å²) in [5.41, 5.74) is 9.86. The van der Waals surface area contributed by atoms with Crippen molar-refractivity contribution in [2.45, 2.75) is 26.4 Å². The summed E-state index contributed by atoms with van der Waals surface area (Å²) < 4.78 is 0. The highest BCUT2D eigenvalue weighted by Gasteiger charge is 2.05. The largest absolute Gasteiger partial charge is 0.367 e. The number of anilines is 1. The zero-order valence-corrected chi connectivity index (χ0v) is 11.7. The zero-order valence-electron chi connectivity index (χ0n) is 11.7. The molecule has 2 aromatic rings. The van der Waals surface area contributed by atoms with Gasteiger partial charge in [-0.3, -0.25) is 9.97 Å². The van der Waals surface area contributed by atoms with Crippen molar-refractivity contribution in [1.29, 1.82) is 0 Å². The quantitative estimate of drug-likeness (QED) is 0.913. The number of rotatable bonds is 4. The van der Waals surface area contributed by atoms with E-state index in [2.05, 4.69) is 14.9 Å². The Morgan fingerprint density at radius 3 is 2.63 bits per heavy atom. The molecule has 0 unspecified atom stereocenters. The standard InChI is InChI=1S/C15H20N4/c1-11-5-4-6-13(18-11)10-19(3)14-7-8-15(12(2)16)17-9-14/h4-9,12H,10,16H2,1-3H3/t12-/m1/s1. The minimum absolute atomic E-state index is 0.0298. The van der Waals surface area contributed by atoms with Gasteiger partial charge in [-0.2, -0.15) is 0 Å². The first-order chi connectivity index (χ1) is 9.06. The predicted octanol–water partition coefficient (Wildman–Crippen LogP) is 2.44. The Kier molecular flexibility index (Phi) is 4.12. The first-order valence-electron chi connectivity index (χ1n) is 6.41. The topological polar surface area (TPSA) is 55.0 Å². The van der Waals surface area contributed by atoms with Gasteiger partial charge in [0.05, 0.1) is 29.8 Å². The fourth-order valence-corrected chi connectivity index (χ4v) is 1.91. The maximum absolute atomic E-state index is 5.79. The van der Waals surface area contributed by atoms with Gasteiger partial charge in [0.15, 0.2) is 0 Å². The Balaban J connectivity index is 2.09. The molecular weight excluding hydrogens is 236 g/mol. The summed E-state index contributed by atoms with van der Waals surface area (Å²) in [7, 11) is 2.03. The first kappa shape index (κ1) is 13.5. The van der Waals surface area contributed by atoms with Crippen LogP contribution in [0.3, 0.4) is 0 Å². The van der Waals surface area contributed by atoms with Gasteiger partial charge in [-0.1, -0.05) is 6.07 Å². The van der Waals surface area contributed by atoms with E-state index < -0.39 is 0 Å². The molecule has 4 nitrogen and oxygen atoms in total. The summed E-state index contributed by atoms with van der Waals surface area (Å²) in [6.07, 6.45) is 1.86. The maximum Gasteiger partial charge on any atom is 0.0600 e. The molecule has 2 heterocycles. The van der Waals surface area contributed by atoms with E-state index in [1.54, 1.807) is 0 Å². The normalized spacial score (nSPS) is 12.2. The van der Waals surface area contributed by atoms with Crippen molar-refractivity contribution in [2.75, 3.05) is 11.9 Å². The minimum atomic E-state index is -0.0298. The maximum atomic E-state index is 5.79. The Hall–Kier alpha value is -1.94. The highest BCUT2D eigenvalue weighted by atomic mass is 15.1. The summed E-state index contributed by atoms with van der Waals surface area (Å²) in [5, 5.41) is 0. The van der Waals surface area contributed by atoms with Crippen LogP contribution in [0.1, 0.15) is 30.0 Å². The molecule has 2 aromatic heterocycles. The predicted molar refractivity (Wildman–Crippen MR) is 77.9 cm³/mol. The number of hydrogen-bond donors (Lipinski definition) is 1. The van der Waals surface area contributed by atoms with Crippen molar-refractivity contribution in [3.63, 3.8) is 0 Å². The molecule has 0 amide bonds. The molecular formula is C15H20N4. The molecule has 0 radical (unpaired) electrons. The van der Waals surface area contributed by atoms with Gasteiger partial charge in [-0.25, -0.2) is 0 Å². The van der Waals surface area contributed by atoms with Crippen molar-refractivity contribution >= 4 is 5.69 Å². The fourth-order valence-electron chi connectivity index (χ4n) is 1.91. The minimum Gasteiger partial charge on any atom is -0.367 e. The second-order valence-corrected chi connectivity index (χ2v) is 4.86. The molecule has 4 heteroatoms. The van der Waals surface area contributed by atoms with E-state index in [1.165, 1.54) is 0 Å². The van der Waals surface area contributed by atoms with Crippen LogP contribution in [0.5, 0.6) is 0 Å². The molecule has 100 valence electrons. The molecule has 0 aliphatic heterocycles. The van der Waals surface area contributed by atoms with Crippen LogP contribution in [0, 0.1) is 6.92 Å². The van der Waals surface area contributed by atoms with Gasteiger partial charge < -0.3 is 10.6 Å². The fraction of sp³-hybridized carbons (Fsp3) is 0.333. The molecule has 0 aromatic carbocycles. The van der Waals surface area contributed by atoms with Gasteiger partial charge in [-0.05, 0) is 38.1 Å². The Labute approximate surface area is 114 Å². The highest BCUT2D eigenvalue weighted by Crippen LogP contribution is 2.16. The molecule has 0 aliphatic rings. The average Bonchev–Trinajstić information content (AvgIpc) is 2.39. The summed E-state index contributed by atoms with van der Waals surface area (Å²) in [4.78, 5) is 11.0. The van der Waals surface area contributed by atoms with Crippen LogP contribution in [0.4, 0.5) is 5.69 Å². The van der Waals surface area contributed by atoms with Gasteiger partial charge in [0.1, 0.15) is 0 Å². The second-order valence-electron chi connectivity index (χ2n) is 4.86. The average molecular weight is 256 g/mol. The monoisotopic (exact) mass is 256 g/mol. The number of nitrogens with two attached hydrogens (primary N) is 1. The molecule has 0 fully saturated rings. The van der Waals surface area contributed by atoms with Crippen LogP contribution < -0.4 is 10.6 Å². The lowest BCUT2D eigenvalue weighted by molar-refractivity contribution is 0.778. The SMILES string of the molecule is Cc1cccc(CN(C)c2ccc([C@@H](C)N)nc2)n1. The Morgan fingerprint density at radius 2 is 2.05 bits per heavy atom. The highest BCUT2D eigenvalue weighted by molar-refractivity contribution is 5.44.